The SMILES string of the molecule is CCCCn1c2ccc(O)cc2c(=O)c2cccc(O)c21. The van der Waals surface area contributed by atoms with Gasteiger partial charge in [-0.25, -0.2) is 0 Å². The molecule has 3 rings (SSSR count). The Hall–Kier alpha value is -2.49. The molecule has 0 fully saturated rings. The molecular weight excluding hydrogens is 266 g/mol. The number of nitrogens with zero attached hydrogens (tertiary/aromatic N) is 1. The quantitative estimate of drug-likeness (QED) is 0.724. The summed E-state index contributed by atoms with van der Waals surface area (Å²) in [5.74, 6) is 0.178. The van der Waals surface area contributed by atoms with Gasteiger partial charge in [-0.05, 0) is 36.8 Å². The minimum atomic E-state index is -0.167. The lowest BCUT2D eigenvalue weighted by molar-refractivity contribution is 0.475. The lowest BCUT2D eigenvalue weighted by Gasteiger charge is -2.16. The van der Waals surface area contributed by atoms with E-state index >= 15 is 0 Å². The second-order valence-electron chi connectivity index (χ2n) is 5.21. The van der Waals surface area contributed by atoms with Crippen molar-refractivity contribution in [2.45, 2.75) is 26.3 Å². The van der Waals surface area contributed by atoms with E-state index in [0.29, 0.717) is 22.8 Å². The summed E-state index contributed by atoms with van der Waals surface area (Å²) in [6, 6.07) is 9.75. The molecule has 0 saturated heterocycles. The molecule has 1 aromatic heterocycles. The fourth-order valence-electron chi connectivity index (χ4n) is 2.75. The average Bonchev–Trinajstić information content (AvgIpc) is 2.48. The highest BCUT2D eigenvalue weighted by molar-refractivity contribution is 5.96. The van der Waals surface area contributed by atoms with Gasteiger partial charge in [-0.1, -0.05) is 19.4 Å². The van der Waals surface area contributed by atoms with E-state index in [0.717, 1.165) is 18.4 Å². The number of fused-ring (bicyclic) bond motifs is 2. The molecule has 4 heteroatoms. The predicted octanol–water partition coefficient (Wildman–Crippen LogP) is 3.37. The number of phenolic OH excluding ortho intramolecular Hbond substituents is 2. The van der Waals surface area contributed by atoms with E-state index in [-0.39, 0.29) is 16.9 Å². The summed E-state index contributed by atoms with van der Waals surface area (Å²) in [5.41, 5.74) is 1.13. The minimum absolute atomic E-state index is 0.0705. The Balaban J connectivity index is 2.51. The number of para-hydroxylation sites is 1. The standard InChI is InChI=1S/C17H17NO3/c1-2-3-9-18-14-8-7-11(19)10-13(14)17(21)12-5-4-6-15(20)16(12)18/h4-8,10,19-20H,2-3,9H2,1H3. The molecule has 0 atom stereocenters. The van der Waals surface area contributed by atoms with Crippen LogP contribution in [0, 0.1) is 0 Å². The third-order valence-corrected chi connectivity index (χ3v) is 3.78. The van der Waals surface area contributed by atoms with Crippen molar-refractivity contribution in [3.8, 4) is 11.5 Å². The van der Waals surface area contributed by atoms with Crippen LogP contribution >= 0.6 is 0 Å². The first-order chi connectivity index (χ1) is 10.1. The van der Waals surface area contributed by atoms with Crippen molar-refractivity contribution in [2.75, 3.05) is 0 Å². The van der Waals surface area contributed by atoms with E-state index in [4.69, 9.17) is 0 Å². The van der Waals surface area contributed by atoms with Crippen LogP contribution in [-0.2, 0) is 6.54 Å². The number of hydrogen-bond acceptors (Lipinski definition) is 3. The van der Waals surface area contributed by atoms with Gasteiger partial charge in [-0.15, -0.1) is 0 Å². The van der Waals surface area contributed by atoms with E-state index in [9.17, 15) is 15.0 Å². The van der Waals surface area contributed by atoms with Crippen LogP contribution in [0.25, 0.3) is 21.8 Å². The Kier molecular flexibility index (Phi) is 3.29. The first kappa shape index (κ1) is 13.5. The molecule has 108 valence electrons. The summed E-state index contributed by atoms with van der Waals surface area (Å²) in [4.78, 5) is 12.6. The fourth-order valence-corrected chi connectivity index (χ4v) is 2.75. The second-order valence-corrected chi connectivity index (χ2v) is 5.21. The van der Waals surface area contributed by atoms with Crippen molar-refractivity contribution in [3.05, 3.63) is 46.6 Å². The highest BCUT2D eigenvalue weighted by atomic mass is 16.3. The number of aromatic hydroxyl groups is 2. The van der Waals surface area contributed by atoms with E-state index in [1.54, 1.807) is 30.3 Å². The Morgan fingerprint density at radius 3 is 2.67 bits per heavy atom. The lowest BCUT2D eigenvalue weighted by Crippen LogP contribution is -2.11. The molecule has 0 unspecified atom stereocenters. The topological polar surface area (TPSA) is 62.5 Å². The highest BCUT2D eigenvalue weighted by Crippen LogP contribution is 2.28. The van der Waals surface area contributed by atoms with Crippen molar-refractivity contribution >= 4 is 21.8 Å². The first-order valence-electron chi connectivity index (χ1n) is 7.10. The van der Waals surface area contributed by atoms with Gasteiger partial charge in [0.1, 0.15) is 11.5 Å². The number of hydrogen-bond donors (Lipinski definition) is 2. The molecule has 0 radical (unpaired) electrons. The van der Waals surface area contributed by atoms with Crippen LogP contribution in [0.15, 0.2) is 41.2 Å². The molecule has 0 bridgehead atoms. The molecule has 0 saturated carbocycles. The molecule has 0 aliphatic rings. The summed E-state index contributed by atoms with van der Waals surface area (Å²) < 4.78 is 1.96. The maximum atomic E-state index is 12.6. The smallest absolute Gasteiger partial charge is 0.197 e. The summed E-state index contributed by atoms with van der Waals surface area (Å²) in [6.45, 7) is 2.81. The number of unbranched alkanes of at least 4 members (excludes halogenated alkanes) is 1. The Bertz CT molecular complexity index is 874. The third-order valence-electron chi connectivity index (χ3n) is 3.78. The van der Waals surface area contributed by atoms with Gasteiger partial charge in [-0.3, -0.25) is 4.79 Å². The largest absolute Gasteiger partial charge is 0.508 e. The van der Waals surface area contributed by atoms with Crippen LogP contribution in [0.3, 0.4) is 0 Å². The molecule has 2 N–H and O–H groups in total. The third kappa shape index (κ3) is 2.13. The van der Waals surface area contributed by atoms with E-state index < -0.39 is 0 Å². The van der Waals surface area contributed by atoms with Crippen molar-refractivity contribution in [1.29, 1.82) is 0 Å². The van der Waals surface area contributed by atoms with Crippen molar-refractivity contribution in [3.63, 3.8) is 0 Å². The van der Waals surface area contributed by atoms with E-state index in [2.05, 4.69) is 6.92 Å². The monoisotopic (exact) mass is 283 g/mol. The van der Waals surface area contributed by atoms with E-state index in [1.165, 1.54) is 6.07 Å². The zero-order valence-electron chi connectivity index (χ0n) is 11.8. The van der Waals surface area contributed by atoms with Gasteiger partial charge < -0.3 is 14.8 Å². The number of aryl methyl sites for hydroxylation is 1. The van der Waals surface area contributed by atoms with Crippen molar-refractivity contribution in [2.24, 2.45) is 0 Å². The first-order valence-corrected chi connectivity index (χ1v) is 7.10. The Labute approximate surface area is 121 Å². The number of phenols is 2. The number of benzene rings is 2. The zero-order valence-corrected chi connectivity index (χ0v) is 11.8. The normalized spacial score (nSPS) is 11.3. The lowest BCUT2D eigenvalue weighted by atomic mass is 10.1. The van der Waals surface area contributed by atoms with E-state index in [1.807, 2.05) is 4.57 Å². The average molecular weight is 283 g/mol. The number of aromatic nitrogens is 1. The molecule has 1 heterocycles. The molecule has 2 aromatic carbocycles. The van der Waals surface area contributed by atoms with Gasteiger partial charge >= 0.3 is 0 Å². The second kappa shape index (κ2) is 5.13. The van der Waals surface area contributed by atoms with Gasteiger partial charge in [-0.2, -0.15) is 0 Å². The van der Waals surface area contributed by atoms with Crippen LogP contribution in [0.4, 0.5) is 0 Å². The van der Waals surface area contributed by atoms with Crippen molar-refractivity contribution in [1.82, 2.24) is 4.57 Å². The van der Waals surface area contributed by atoms with Crippen LogP contribution < -0.4 is 5.43 Å². The van der Waals surface area contributed by atoms with Crippen LogP contribution in [0.5, 0.6) is 11.5 Å². The fraction of sp³-hybridized carbons (Fsp3) is 0.235. The highest BCUT2D eigenvalue weighted by Gasteiger charge is 2.13. The van der Waals surface area contributed by atoms with Crippen LogP contribution in [0.2, 0.25) is 0 Å². The molecule has 0 aliphatic carbocycles. The maximum Gasteiger partial charge on any atom is 0.197 e. The molecule has 0 aliphatic heterocycles. The Morgan fingerprint density at radius 1 is 1.10 bits per heavy atom. The molecule has 0 spiro atoms. The molecule has 3 aromatic rings. The van der Waals surface area contributed by atoms with Crippen LogP contribution in [-0.4, -0.2) is 14.8 Å². The van der Waals surface area contributed by atoms with Gasteiger partial charge in [0.2, 0.25) is 0 Å². The maximum absolute atomic E-state index is 12.6. The van der Waals surface area contributed by atoms with Gasteiger partial charge in [0.05, 0.1) is 16.4 Å². The summed E-state index contributed by atoms with van der Waals surface area (Å²) in [5, 5.41) is 20.8. The summed E-state index contributed by atoms with van der Waals surface area (Å²) in [6.07, 6.45) is 1.96. The van der Waals surface area contributed by atoms with Gasteiger partial charge in [0.25, 0.3) is 0 Å². The Morgan fingerprint density at radius 2 is 1.90 bits per heavy atom. The molecule has 21 heavy (non-hydrogen) atoms. The molecule has 4 nitrogen and oxygen atoms in total. The number of pyridine rings is 1. The number of rotatable bonds is 3. The summed E-state index contributed by atoms with van der Waals surface area (Å²) >= 11 is 0. The molecule has 0 amide bonds. The zero-order chi connectivity index (χ0) is 15.0. The van der Waals surface area contributed by atoms with Crippen LogP contribution in [0.1, 0.15) is 19.8 Å². The minimum Gasteiger partial charge on any atom is -0.508 e. The predicted molar refractivity (Wildman–Crippen MR) is 84.0 cm³/mol. The molecular formula is C17H17NO3. The van der Waals surface area contributed by atoms with Gasteiger partial charge in [0, 0.05) is 11.9 Å². The van der Waals surface area contributed by atoms with Crippen molar-refractivity contribution < 1.29 is 10.2 Å². The summed E-state index contributed by atoms with van der Waals surface area (Å²) in [7, 11) is 0. The van der Waals surface area contributed by atoms with Gasteiger partial charge in [0.15, 0.2) is 5.43 Å².